The molecule has 0 bridgehead atoms. The normalized spacial score (nSPS) is 10.9. The summed E-state index contributed by atoms with van der Waals surface area (Å²) in [5, 5.41) is 23.2. The third-order valence-electron chi connectivity index (χ3n) is 3.95. The van der Waals surface area contributed by atoms with Gasteiger partial charge >= 0.3 is 5.97 Å². The van der Waals surface area contributed by atoms with Crippen LogP contribution in [0.1, 0.15) is 60.4 Å². The predicted octanol–water partition coefficient (Wildman–Crippen LogP) is 4.29. The molecule has 2 rings (SSSR count). The van der Waals surface area contributed by atoms with Gasteiger partial charge in [-0.1, -0.05) is 32.4 Å². The van der Waals surface area contributed by atoms with Gasteiger partial charge in [0.15, 0.2) is 0 Å². The highest BCUT2D eigenvalue weighted by Crippen LogP contribution is 2.22. The monoisotopic (exact) mass is 337 g/mol. The third kappa shape index (κ3) is 4.36. The van der Waals surface area contributed by atoms with Gasteiger partial charge < -0.3 is 5.11 Å². The lowest BCUT2D eigenvalue weighted by Gasteiger charge is -2.07. The van der Waals surface area contributed by atoms with Crippen LogP contribution in [0.4, 0.5) is 0 Å². The van der Waals surface area contributed by atoms with Gasteiger partial charge in [0.2, 0.25) is 0 Å². The van der Waals surface area contributed by atoms with Crippen molar-refractivity contribution in [3.05, 3.63) is 58.9 Å². The molecule has 0 unspecified atom stereocenters. The number of rotatable bonds is 8. The van der Waals surface area contributed by atoms with Crippen molar-refractivity contribution in [1.82, 2.24) is 9.78 Å². The molecular formula is C20H23N3O2. The first kappa shape index (κ1) is 18.5. The van der Waals surface area contributed by atoms with E-state index in [1.807, 2.05) is 6.92 Å². The maximum Gasteiger partial charge on any atom is 0.339 e. The van der Waals surface area contributed by atoms with Crippen LogP contribution in [-0.4, -0.2) is 20.9 Å². The summed E-state index contributed by atoms with van der Waals surface area (Å²) in [5.41, 5.74) is 2.99. The topological polar surface area (TPSA) is 78.9 Å². The van der Waals surface area contributed by atoms with Gasteiger partial charge in [0.1, 0.15) is 5.56 Å². The first-order chi connectivity index (χ1) is 12.1. The summed E-state index contributed by atoms with van der Waals surface area (Å²) < 4.78 is 1.72. The quantitative estimate of drug-likeness (QED) is 0.729. The highest BCUT2D eigenvalue weighted by molar-refractivity contribution is 5.90. The Hall–Kier alpha value is -2.87. The van der Waals surface area contributed by atoms with E-state index in [1.165, 1.54) is 0 Å². The Morgan fingerprint density at radius 3 is 2.52 bits per heavy atom. The Labute approximate surface area is 148 Å². The Kier molecular flexibility index (Phi) is 6.53. The molecule has 1 N–H and O–H groups in total. The zero-order valence-corrected chi connectivity index (χ0v) is 14.7. The largest absolute Gasteiger partial charge is 0.478 e. The number of carboxylic acid groups (broad SMARTS) is 1. The van der Waals surface area contributed by atoms with Crippen molar-refractivity contribution >= 4 is 5.97 Å². The maximum atomic E-state index is 11.8. The van der Waals surface area contributed by atoms with Gasteiger partial charge in [0.05, 0.1) is 28.7 Å². The first-order valence-corrected chi connectivity index (χ1v) is 8.61. The second kappa shape index (κ2) is 8.84. The van der Waals surface area contributed by atoms with E-state index in [-0.39, 0.29) is 0 Å². The molecule has 0 radical (unpaired) electrons. The molecule has 0 aliphatic rings. The fourth-order valence-corrected chi connectivity index (χ4v) is 2.79. The highest BCUT2D eigenvalue weighted by atomic mass is 16.4. The number of allylic oxidation sites excluding steroid dienone is 2. The fourth-order valence-electron chi connectivity index (χ4n) is 2.79. The summed E-state index contributed by atoms with van der Waals surface area (Å²) in [6, 6.07) is 9.13. The van der Waals surface area contributed by atoms with Crippen LogP contribution >= 0.6 is 0 Å². The minimum absolute atomic E-state index is 0.316. The number of aromatic carboxylic acids is 1. The highest BCUT2D eigenvalue weighted by Gasteiger charge is 2.23. The third-order valence-corrected chi connectivity index (χ3v) is 3.95. The molecule has 0 saturated heterocycles. The van der Waals surface area contributed by atoms with Crippen molar-refractivity contribution in [3.63, 3.8) is 0 Å². The van der Waals surface area contributed by atoms with E-state index < -0.39 is 5.97 Å². The minimum Gasteiger partial charge on any atom is -0.478 e. The molecule has 0 aliphatic heterocycles. The molecule has 5 heteroatoms. The number of carboxylic acids is 1. The van der Waals surface area contributed by atoms with Crippen molar-refractivity contribution in [2.24, 2.45) is 0 Å². The van der Waals surface area contributed by atoms with E-state index in [0.717, 1.165) is 24.9 Å². The number of carbonyl (C=O) groups is 1. The average Bonchev–Trinajstić information content (AvgIpc) is 2.98. The number of benzene rings is 1. The number of aromatic nitrogens is 2. The summed E-state index contributed by atoms with van der Waals surface area (Å²) in [4.78, 5) is 11.8. The molecule has 1 aromatic heterocycles. The van der Waals surface area contributed by atoms with Gasteiger partial charge in [-0.25, -0.2) is 9.48 Å². The lowest BCUT2D eigenvalue weighted by atomic mass is 10.1. The molecule has 130 valence electrons. The Morgan fingerprint density at radius 2 is 1.96 bits per heavy atom. The van der Waals surface area contributed by atoms with Crippen molar-refractivity contribution in [2.45, 2.75) is 46.0 Å². The van der Waals surface area contributed by atoms with Gasteiger partial charge in [-0.2, -0.15) is 10.4 Å². The van der Waals surface area contributed by atoms with Crippen LogP contribution in [0.25, 0.3) is 5.69 Å². The molecule has 0 aliphatic carbocycles. The van der Waals surface area contributed by atoms with E-state index >= 15 is 0 Å². The van der Waals surface area contributed by atoms with Crippen molar-refractivity contribution in [1.29, 1.82) is 5.26 Å². The summed E-state index contributed by atoms with van der Waals surface area (Å²) in [7, 11) is 0. The molecule has 0 spiro atoms. The molecular weight excluding hydrogens is 314 g/mol. The van der Waals surface area contributed by atoms with E-state index in [4.69, 9.17) is 5.26 Å². The summed E-state index contributed by atoms with van der Waals surface area (Å²) in [5.74, 6) is -0.933. The Balaban J connectivity index is 2.48. The van der Waals surface area contributed by atoms with Crippen LogP contribution in [0.3, 0.4) is 0 Å². The second-order valence-corrected chi connectivity index (χ2v) is 5.81. The molecule has 0 fully saturated rings. The van der Waals surface area contributed by atoms with E-state index in [0.29, 0.717) is 35.4 Å². The van der Waals surface area contributed by atoms with Crippen LogP contribution in [0.15, 0.2) is 36.4 Å². The average molecular weight is 337 g/mol. The number of nitriles is 1. The summed E-state index contributed by atoms with van der Waals surface area (Å²) in [6.07, 6.45) is 7.93. The smallest absolute Gasteiger partial charge is 0.339 e. The van der Waals surface area contributed by atoms with Crippen molar-refractivity contribution < 1.29 is 9.90 Å². The molecule has 0 saturated carbocycles. The van der Waals surface area contributed by atoms with Crippen LogP contribution < -0.4 is 0 Å². The van der Waals surface area contributed by atoms with E-state index in [1.54, 1.807) is 28.9 Å². The molecule has 5 nitrogen and oxygen atoms in total. The lowest BCUT2D eigenvalue weighted by molar-refractivity contribution is 0.0694. The van der Waals surface area contributed by atoms with Crippen LogP contribution in [0, 0.1) is 11.3 Å². The second-order valence-electron chi connectivity index (χ2n) is 5.81. The molecule has 2 aromatic rings. The standard InChI is InChI=1S/C20H23N3O2/c1-3-5-6-7-9-17-19(20(24)25)18(8-4-2)23(22-17)16-12-10-15(14-21)11-13-16/h5-6,10-13H,3-4,7-9H2,1-2H3,(H,24,25)/b6-5-. The fraction of sp³-hybridized carbons (Fsp3) is 0.350. The van der Waals surface area contributed by atoms with E-state index in [9.17, 15) is 9.90 Å². The Morgan fingerprint density at radius 1 is 1.24 bits per heavy atom. The molecule has 0 amide bonds. The maximum absolute atomic E-state index is 11.8. The number of hydrogen-bond acceptors (Lipinski definition) is 3. The van der Waals surface area contributed by atoms with Crippen LogP contribution in [-0.2, 0) is 12.8 Å². The zero-order chi connectivity index (χ0) is 18.2. The predicted molar refractivity (Wildman–Crippen MR) is 97.0 cm³/mol. The number of hydrogen-bond donors (Lipinski definition) is 1. The van der Waals surface area contributed by atoms with Gasteiger partial charge in [0, 0.05) is 0 Å². The van der Waals surface area contributed by atoms with Crippen molar-refractivity contribution in [2.75, 3.05) is 0 Å². The first-order valence-electron chi connectivity index (χ1n) is 8.61. The number of aryl methyl sites for hydroxylation is 1. The zero-order valence-electron chi connectivity index (χ0n) is 14.7. The number of nitrogens with zero attached hydrogens (tertiary/aromatic N) is 3. The molecule has 1 heterocycles. The molecule has 1 aromatic carbocycles. The summed E-state index contributed by atoms with van der Waals surface area (Å²) in [6.45, 7) is 4.09. The van der Waals surface area contributed by atoms with E-state index in [2.05, 4.69) is 30.2 Å². The summed E-state index contributed by atoms with van der Waals surface area (Å²) >= 11 is 0. The molecule has 0 atom stereocenters. The Bertz CT molecular complexity index is 796. The van der Waals surface area contributed by atoms with Gasteiger partial charge in [-0.15, -0.1) is 0 Å². The van der Waals surface area contributed by atoms with Crippen molar-refractivity contribution in [3.8, 4) is 11.8 Å². The minimum atomic E-state index is -0.933. The van der Waals surface area contributed by atoms with Gasteiger partial charge in [-0.3, -0.25) is 0 Å². The van der Waals surface area contributed by atoms with Crippen LogP contribution in [0.5, 0.6) is 0 Å². The van der Waals surface area contributed by atoms with Crippen LogP contribution in [0.2, 0.25) is 0 Å². The lowest BCUT2D eigenvalue weighted by Crippen LogP contribution is -2.07. The molecule has 25 heavy (non-hydrogen) atoms. The SMILES string of the molecule is CC/C=C\CCc1nn(-c2ccc(C#N)cc2)c(CCC)c1C(=O)O. The van der Waals surface area contributed by atoms with Gasteiger partial charge in [0.25, 0.3) is 0 Å². The van der Waals surface area contributed by atoms with Gasteiger partial charge in [-0.05, 0) is 49.9 Å².